The average molecular weight is 392 g/mol. The molecule has 0 saturated heterocycles. The number of carboxylic acids is 1. The molecule has 3 rings (SSSR count). The zero-order valence-electron chi connectivity index (χ0n) is 16.0. The van der Waals surface area contributed by atoms with E-state index in [0.29, 0.717) is 29.1 Å². The summed E-state index contributed by atoms with van der Waals surface area (Å²) in [7, 11) is -3.50. The number of hydrogen-bond donors (Lipinski definition) is 2. The number of aliphatic carboxylic acids is 1. The molecule has 4 atom stereocenters. The molecule has 0 unspecified atom stereocenters. The lowest BCUT2D eigenvalue weighted by Gasteiger charge is -2.26. The Balaban J connectivity index is 1.63. The largest absolute Gasteiger partial charge is 0.481 e. The van der Waals surface area contributed by atoms with Crippen LogP contribution in [0.15, 0.2) is 47.4 Å². The van der Waals surface area contributed by atoms with Gasteiger partial charge in [0.15, 0.2) is 0 Å². The zero-order valence-corrected chi connectivity index (χ0v) is 16.8. The summed E-state index contributed by atoms with van der Waals surface area (Å²) < 4.78 is 28.4. The third kappa shape index (κ3) is 4.43. The van der Waals surface area contributed by atoms with E-state index in [0.717, 1.165) is 19.3 Å². The number of benzene rings is 1. The van der Waals surface area contributed by atoms with E-state index in [1.165, 1.54) is 0 Å². The van der Waals surface area contributed by atoms with Crippen molar-refractivity contribution >= 4 is 16.0 Å². The number of sulfonamides is 1. The average Bonchev–Trinajstić information content (AvgIpc) is 2.95. The second kappa shape index (κ2) is 7.76. The highest BCUT2D eigenvalue weighted by molar-refractivity contribution is 7.89. The number of fused-ring (bicyclic) bond motifs is 1. The van der Waals surface area contributed by atoms with Gasteiger partial charge in [0.05, 0.1) is 4.90 Å². The normalized spacial score (nSPS) is 29.0. The molecule has 0 aromatic heterocycles. The van der Waals surface area contributed by atoms with Gasteiger partial charge in [-0.05, 0) is 61.0 Å². The van der Waals surface area contributed by atoms with Gasteiger partial charge in [0.1, 0.15) is 0 Å². The van der Waals surface area contributed by atoms with E-state index >= 15 is 0 Å². The van der Waals surface area contributed by atoms with E-state index in [-0.39, 0.29) is 17.9 Å². The SMILES string of the molecule is CC1(C)[C@@H]2[C@H](C/C=C\CCCC(=O)O)[C@@H](NS(=O)(=O)c3ccccc3)C[C@@H]21. The van der Waals surface area contributed by atoms with Crippen molar-refractivity contribution in [2.75, 3.05) is 0 Å². The van der Waals surface area contributed by atoms with Gasteiger partial charge in [-0.1, -0.05) is 44.2 Å². The summed E-state index contributed by atoms with van der Waals surface area (Å²) >= 11 is 0. The van der Waals surface area contributed by atoms with Crippen LogP contribution in [0.25, 0.3) is 0 Å². The maximum absolute atomic E-state index is 12.7. The third-order valence-corrected chi connectivity index (χ3v) is 7.83. The number of hydrogen-bond acceptors (Lipinski definition) is 3. The van der Waals surface area contributed by atoms with Gasteiger partial charge in [-0.25, -0.2) is 13.1 Å². The lowest BCUT2D eigenvalue weighted by molar-refractivity contribution is -0.137. The predicted octanol–water partition coefficient (Wildman–Crippen LogP) is 3.83. The van der Waals surface area contributed by atoms with Crippen LogP contribution in [0.4, 0.5) is 0 Å². The molecule has 27 heavy (non-hydrogen) atoms. The van der Waals surface area contributed by atoms with Crippen molar-refractivity contribution in [1.29, 1.82) is 0 Å². The molecule has 0 radical (unpaired) electrons. The van der Waals surface area contributed by atoms with Gasteiger partial charge in [-0.2, -0.15) is 0 Å². The first kappa shape index (κ1) is 20.1. The van der Waals surface area contributed by atoms with E-state index in [2.05, 4.69) is 24.6 Å². The fourth-order valence-corrected chi connectivity index (χ4v) is 6.16. The Hall–Kier alpha value is -1.66. The van der Waals surface area contributed by atoms with Crippen LogP contribution in [0.5, 0.6) is 0 Å². The highest BCUT2D eigenvalue weighted by Crippen LogP contribution is 2.69. The van der Waals surface area contributed by atoms with E-state index in [1.807, 2.05) is 12.1 Å². The standard InChI is InChI=1S/C21H29NO4S/c1-21(2)17-14-18(22-27(25,26)15-10-6-5-7-11-15)16(20(17)21)12-8-3-4-9-13-19(23)24/h3,5-8,10-11,16-18,20,22H,4,9,12-14H2,1-2H3,(H,23,24)/b8-3-/t16-,17+,18+,20-/m1/s1. The molecule has 1 aromatic carbocycles. The maximum atomic E-state index is 12.7. The molecule has 2 N–H and O–H groups in total. The summed E-state index contributed by atoms with van der Waals surface area (Å²) in [4.78, 5) is 10.9. The van der Waals surface area contributed by atoms with Crippen LogP contribution in [0.1, 0.15) is 46.0 Å². The first-order valence-corrected chi connectivity index (χ1v) is 11.2. The number of carbonyl (C=O) groups is 1. The monoisotopic (exact) mass is 391 g/mol. The van der Waals surface area contributed by atoms with Crippen LogP contribution < -0.4 is 4.72 Å². The lowest BCUT2D eigenvalue weighted by Crippen LogP contribution is -2.40. The van der Waals surface area contributed by atoms with Crippen LogP contribution in [-0.2, 0) is 14.8 Å². The molecule has 0 aliphatic heterocycles. The van der Waals surface area contributed by atoms with Gasteiger partial charge in [0.2, 0.25) is 10.0 Å². The van der Waals surface area contributed by atoms with E-state index in [9.17, 15) is 13.2 Å². The van der Waals surface area contributed by atoms with Gasteiger partial charge >= 0.3 is 5.97 Å². The molecule has 148 valence electrons. The number of nitrogens with one attached hydrogen (secondary N) is 1. The minimum atomic E-state index is -3.50. The van der Waals surface area contributed by atoms with Crippen molar-refractivity contribution in [3.05, 3.63) is 42.5 Å². The number of rotatable bonds is 9. The quantitative estimate of drug-likeness (QED) is 0.495. The zero-order chi connectivity index (χ0) is 19.7. The summed E-state index contributed by atoms with van der Waals surface area (Å²) in [5.74, 6) is 0.646. The number of allylic oxidation sites excluding steroid dienone is 2. The van der Waals surface area contributed by atoms with Gasteiger partial charge in [0.25, 0.3) is 0 Å². The molecule has 5 nitrogen and oxygen atoms in total. The molecule has 0 heterocycles. The highest BCUT2D eigenvalue weighted by Gasteiger charge is 2.66. The Labute approximate surface area is 161 Å². The highest BCUT2D eigenvalue weighted by atomic mass is 32.2. The van der Waals surface area contributed by atoms with Crippen molar-refractivity contribution < 1.29 is 18.3 Å². The maximum Gasteiger partial charge on any atom is 0.303 e. The molecular weight excluding hydrogens is 362 g/mol. The summed E-state index contributed by atoms with van der Waals surface area (Å²) in [5, 5.41) is 8.69. The summed E-state index contributed by atoms with van der Waals surface area (Å²) in [6, 6.07) is 8.49. The summed E-state index contributed by atoms with van der Waals surface area (Å²) in [6.07, 6.45) is 7.43. The fraction of sp³-hybridized carbons (Fsp3) is 0.571. The summed E-state index contributed by atoms with van der Waals surface area (Å²) in [6.45, 7) is 4.54. The third-order valence-electron chi connectivity index (χ3n) is 6.32. The second-order valence-electron chi connectivity index (χ2n) is 8.39. The first-order chi connectivity index (χ1) is 12.7. The van der Waals surface area contributed by atoms with Crippen molar-refractivity contribution in [2.24, 2.45) is 23.2 Å². The predicted molar refractivity (Wildman–Crippen MR) is 105 cm³/mol. The molecule has 0 spiro atoms. The minimum absolute atomic E-state index is 0.0399. The molecular formula is C21H29NO4S. The number of carboxylic acid groups (broad SMARTS) is 1. The molecule has 2 aliphatic carbocycles. The Morgan fingerprint density at radius 3 is 2.63 bits per heavy atom. The second-order valence-corrected chi connectivity index (χ2v) is 10.1. The van der Waals surface area contributed by atoms with Crippen molar-refractivity contribution in [3.63, 3.8) is 0 Å². The van der Waals surface area contributed by atoms with Crippen LogP contribution in [0, 0.1) is 23.2 Å². The lowest BCUT2D eigenvalue weighted by atomic mass is 9.87. The molecule has 2 fully saturated rings. The smallest absolute Gasteiger partial charge is 0.303 e. The Kier molecular flexibility index (Phi) is 5.77. The molecule has 2 saturated carbocycles. The van der Waals surface area contributed by atoms with E-state index in [1.54, 1.807) is 24.3 Å². The van der Waals surface area contributed by atoms with Crippen LogP contribution in [0.2, 0.25) is 0 Å². The van der Waals surface area contributed by atoms with Crippen LogP contribution in [-0.4, -0.2) is 25.5 Å². The summed E-state index contributed by atoms with van der Waals surface area (Å²) in [5.41, 5.74) is 0.288. The van der Waals surface area contributed by atoms with Gasteiger partial charge < -0.3 is 5.11 Å². The van der Waals surface area contributed by atoms with Crippen LogP contribution in [0.3, 0.4) is 0 Å². The topological polar surface area (TPSA) is 83.5 Å². The van der Waals surface area contributed by atoms with Gasteiger partial charge in [-0.3, -0.25) is 4.79 Å². The van der Waals surface area contributed by atoms with E-state index < -0.39 is 16.0 Å². The Morgan fingerprint density at radius 1 is 1.26 bits per heavy atom. The van der Waals surface area contributed by atoms with Crippen molar-refractivity contribution in [1.82, 2.24) is 4.72 Å². The number of unbranched alkanes of at least 4 members (excludes halogenated alkanes) is 1. The molecule has 1 aromatic rings. The molecule has 0 bridgehead atoms. The Morgan fingerprint density at radius 2 is 1.96 bits per heavy atom. The molecule has 6 heteroatoms. The molecule has 0 amide bonds. The van der Waals surface area contributed by atoms with Crippen LogP contribution >= 0.6 is 0 Å². The Bertz CT molecular complexity index is 801. The molecule has 2 aliphatic rings. The van der Waals surface area contributed by atoms with Crippen molar-refractivity contribution in [2.45, 2.75) is 56.9 Å². The fourth-order valence-electron chi connectivity index (χ4n) is 4.84. The first-order valence-electron chi connectivity index (χ1n) is 9.67. The van der Waals surface area contributed by atoms with Gasteiger partial charge in [-0.15, -0.1) is 0 Å². The van der Waals surface area contributed by atoms with Gasteiger partial charge in [0, 0.05) is 12.5 Å². The minimum Gasteiger partial charge on any atom is -0.481 e. The van der Waals surface area contributed by atoms with E-state index in [4.69, 9.17) is 5.11 Å². The van der Waals surface area contributed by atoms with Crippen molar-refractivity contribution in [3.8, 4) is 0 Å².